The first kappa shape index (κ1) is 17.7. The van der Waals surface area contributed by atoms with Gasteiger partial charge in [0.2, 0.25) is 0 Å². The van der Waals surface area contributed by atoms with E-state index in [0.29, 0.717) is 11.1 Å². The summed E-state index contributed by atoms with van der Waals surface area (Å²) in [7, 11) is 0. The topological polar surface area (TPSA) is 101 Å². The van der Waals surface area contributed by atoms with Gasteiger partial charge in [0.1, 0.15) is 0 Å². The molecule has 1 fully saturated rings. The quantitative estimate of drug-likeness (QED) is 0.629. The fourth-order valence-electron chi connectivity index (χ4n) is 4.20. The van der Waals surface area contributed by atoms with Crippen molar-refractivity contribution < 1.29 is 29.3 Å². The van der Waals surface area contributed by atoms with E-state index in [1.807, 2.05) is 0 Å². The van der Waals surface area contributed by atoms with Gasteiger partial charge in [-0.3, -0.25) is 9.59 Å². The lowest BCUT2D eigenvalue weighted by Gasteiger charge is -2.41. The molecular weight excluding hydrogens is 360 g/mol. The SMILES string of the molecule is O=C1OC(c2ccccc2)(c2ccccc2)C2C1=CC=CC2(C(=O)O)C(=O)O. The molecule has 2 aromatic rings. The first-order valence-corrected chi connectivity index (χ1v) is 8.65. The van der Waals surface area contributed by atoms with Gasteiger partial charge in [0, 0.05) is 16.7 Å². The van der Waals surface area contributed by atoms with Crippen molar-refractivity contribution in [2.75, 3.05) is 0 Å². The van der Waals surface area contributed by atoms with Crippen molar-refractivity contribution in [1.82, 2.24) is 0 Å². The number of esters is 1. The van der Waals surface area contributed by atoms with Crippen molar-refractivity contribution in [3.63, 3.8) is 0 Å². The van der Waals surface area contributed by atoms with Crippen LogP contribution in [0, 0.1) is 11.3 Å². The summed E-state index contributed by atoms with van der Waals surface area (Å²) >= 11 is 0. The fraction of sp³-hybridized carbons (Fsp3) is 0.136. The third kappa shape index (κ3) is 2.18. The number of fused-ring (bicyclic) bond motifs is 1. The number of rotatable bonds is 4. The number of aliphatic carboxylic acids is 2. The minimum Gasteiger partial charge on any atom is -0.480 e. The monoisotopic (exact) mass is 376 g/mol. The molecule has 1 saturated heterocycles. The third-order valence-corrected chi connectivity index (χ3v) is 5.41. The normalized spacial score (nSPS) is 21.4. The summed E-state index contributed by atoms with van der Waals surface area (Å²) in [5.41, 5.74) is -2.91. The van der Waals surface area contributed by atoms with Crippen LogP contribution >= 0.6 is 0 Å². The Morgan fingerprint density at radius 1 is 0.857 bits per heavy atom. The van der Waals surface area contributed by atoms with E-state index in [4.69, 9.17) is 4.74 Å². The third-order valence-electron chi connectivity index (χ3n) is 5.41. The van der Waals surface area contributed by atoms with Crippen LogP contribution in [-0.2, 0) is 24.7 Å². The van der Waals surface area contributed by atoms with Crippen molar-refractivity contribution >= 4 is 17.9 Å². The molecule has 0 saturated carbocycles. The molecule has 4 rings (SSSR count). The highest BCUT2D eigenvalue weighted by Gasteiger charge is 2.68. The molecule has 2 aromatic carbocycles. The standard InChI is InChI=1S/C22H16O6/c23-18-16-12-7-13-21(19(24)25,20(26)27)17(16)22(28-18,14-8-3-1-4-9-14)15-10-5-2-6-11-15/h1-13,17H,(H,24,25)(H,26,27). The number of carbonyl (C=O) groups is 3. The predicted octanol–water partition coefficient (Wildman–Crippen LogP) is 2.75. The molecule has 0 radical (unpaired) electrons. The summed E-state index contributed by atoms with van der Waals surface area (Å²) in [5, 5.41) is 20.0. The van der Waals surface area contributed by atoms with E-state index >= 15 is 0 Å². The molecule has 0 bridgehead atoms. The van der Waals surface area contributed by atoms with Crippen molar-refractivity contribution in [2.45, 2.75) is 5.60 Å². The van der Waals surface area contributed by atoms with E-state index in [-0.39, 0.29) is 5.57 Å². The molecule has 1 heterocycles. The van der Waals surface area contributed by atoms with Crippen LogP contribution in [0.25, 0.3) is 0 Å². The molecule has 28 heavy (non-hydrogen) atoms. The summed E-state index contributed by atoms with van der Waals surface area (Å²) in [4.78, 5) is 37.4. The average molecular weight is 376 g/mol. The van der Waals surface area contributed by atoms with Crippen LogP contribution in [0.1, 0.15) is 11.1 Å². The van der Waals surface area contributed by atoms with E-state index in [0.717, 1.165) is 6.08 Å². The maximum absolute atomic E-state index is 12.8. The van der Waals surface area contributed by atoms with E-state index in [1.54, 1.807) is 60.7 Å². The number of carboxylic acid groups (broad SMARTS) is 2. The second kappa shape index (κ2) is 6.20. The van der Waals surface area contributed by atoms with Gasteiger partial charge in [-0.05, 0) is 0 Å². The molecule has 1 unspecified atom stereocenters. The van der Waals surface area contributed by atoms with E-state index in [9.17, 15) is 24.6 Å². The summed E-state index contributed by atoms with van der Waals surface area (Å²) in [6.07, 6.45) is 3.85. The largest absolute Gasteiger partial charge is 0.480 e. The molecule has 2 N–H and O–H groups in total. The Kier molecular flexibility index (Phi) is 3.92. The molecule has 0 amide bonds. The highest BCUT2D eigenvalue weighted by molar-refractivity contribution is 6.06. The highest BCUT2D eigenvalue weighted by Crippen LogP contribution is 2.58. The fourth-order valence-corrected chi connectivity index (χ4v) is 4.20. The summed E-state index contributed by atoms with van der Waals surface area (Å²) < 4.78 is 5.85. The predicted molar refractivity (Wildman–Crippen MR) is 98.2 cm³/mol. The molecule has 2 aliphatic rings. The van der Waals surface area contributed by atoms with Crippen molar-refractivity contribution in [1.29, 1.82) is 0 Å². The highest BCUT2D eigenvalue weighted by atomic mass is 16.6. The van der Waals surface area contributed by atoms with E-state index in [2.05, 4.69) is 0 Å². The van der Waals surface area contributed by atoms with Crippen LogP contribution in [-0.4, -0.2) is 28.1 Å². The van der Waals surface area contributed by atoms with E-state index in [1.165, 1.54) is 12.2 Å². The molecule has 0 aromatic heterocycles. The summed E-state index contributed by atoms with van der Waals surface area (Å²) in [6.45, 7) is 0. The number of ether oxygens (including phenoxy) is 1. The number of carbonyl (C=O) groups excluding carboxylic acids is 1. The van der Waals surface area contributed by atoms with E-state index < -0.39 is 34.8 Å². The van der Waals surface area contributed by atoms with Crippen molar-refractivity contribution in [3.05, 3.63) is 95.6 Å². The lowest BCUT2D eigenvalue weighted by atomic mass is 9.59. The average Bonchev–Trinajstić information content (AvgIpc) is 3.03. The Morgan fingerprint density at radius 2 is 1.36 bits per heavy atom. The lowest BCUT2D eigenvalue weighted by molar-refractivity contribution is -0.170. The molecule has 0 spiro atoms. The maximum atomic E-state index is 12.8. The Balaban J connectivity index is 2.11. The van der Waals surface area contributed by atoms with Gasteiger partial charge in [0.15, 0.2) is 11.0 Å². The number of hydrogen-bond donors (Lipinski definition) is 2. The van der Waals surface area contributed by atoms with Crippen LogP contribution in [0.5, 0.6) is 0 Å². The van der Waals surface area contributed by atoms with Crippen LogP contribution in [0.3, 0.4) is 0 Å². The van der Waals surface area contributed by atoms with Crippen LogP contribution in [0.15, 0.2) is 84.5 Å². The number of hydrogen-bond acceptors (Lipinski definition) is 4. The summed E-state index contributed by atoms with van der Waals surface area (Å²) in [5.74, 6) is -5.12. The molecule has 1 aliphatic heterocycles. The van der Waals surface area contributed by atoms with Gasteiger partial charge < -0.3 is 14.9 Å². The van der Waals surface area contributed by atoms with Crippen LogP contribution in [0.4, 0.5) is 0 Å². The second-order valence-corrected chi connectivity index (χ2v) is 6.75. The number of carboxylic acids is 2. The first-order valence-electron chi connectivity index (χ1n) is 8.65. The molecule has 6 heteroatoms. The lowest BCUT2D eigenvalue weighted by Crippen LogP contribution is -2.53. The van der Waals surface area contributed by atoms with Crippen molar-refractivity contribution in [2.24, 2.45) is 11.3 Å². The Bertz CT molecular complexity index is 966. The maximum Gasteiger partial charge on any atom is 0.335 e. The number of allylic oxidation sites excluding steroid dienone is 2. The number of benzene rings is 2. The van der Waals surface area contributed by atoms with Crippen LogP contribution < -0.4 is 0 Å². The zero-order valence-corrected chi connectivity index (χ0v) is 14.6. The van der Waals surface area contributed by atoms with Gasteiger partial charge in [0.05, 0.1) is 5.92 Å². The summed E-state index contributed by atoms with van der Waals surface area (Å²) in [6, 6.07) is 17.3. The molecule has 140 valence electrons. The molecule has 1 aliphatic carbocycles. The molecule has 6 nitrogen and oxygen atoms in total. The number of cyclic esters (lactones) is 1. The molecule has 1 atom stereocenters. The molecular formula is C22H16O6. The van der Waals surface area contributed by atoms with Gasteiger partial charge in [-0.15, -0.1) is 0 Å². The minimum atomic E-state index is -2.36. The zero-order chi connectivity index (χ0) is 19.9. The Morgan fingerprint density at radius 3 is 1.82 bits per heavy atom. The van der Waals surface area contributed by atoms with Gasteiger partial charge in [-0.1, -0.05) is 78.9 Å². The van der Waals surface area contributed by atoms with Crippen molar-refractivity contribution in [3.8, 4) is 0 Å². The van der Waals surface area contributed by atoms with Gasteiger partial charge in [-0.25, -0.2) is 4.79 Å². The zero-order valence-electron chi connectivity index (χ0n) is 14.6. The Hall–Kier alpha value is -3.67. The minimum absolute atomic E-state index is 0.0278. The smallest absolute Gasteiger partial charge is 0.335 e. The van der Waals surface area contributed by atoms with Gasteiger partial charge in [0.25, 0.3) is 0 Å². The van der Waals surface area contributed by atoms with Gasteiger partial charge >= 0.3 is 17.9 Å². The second-order valence-electron chi connectivity index (χ2n) is 6.75. The first-order chi connectivity index (χ1) is 13.4. The van der Waals surface area contributed by atoms with Gasteiger partial charge in [-0.2, -0.15) is 0 Å². The Labute approximate surface area is 160 Å². The van der Waals surface area contributed by atoms with Crippen LogP contribution in [0.2, 0.25) is 0 Å².